The van der Waals surface area contributed by atoms with Gasteiger partial charge in [0.2, 0.25) is 0 Å². The zero-order chi connectivity index (χ0) is 11.4. The molecule has 1 heterocycles. The van der Waals surface area contributed by atoms with Gasteiger partial charge in [0.15, 0.2) is 0 Å². The summed E-state index contributed by atoms with van der Waals surface area (Å²) in [6.07, 6.45) is 0. The molecule has 2 rings (SSSR count). The van der Waals surface area contributed by atoms with Gasteiger partial charge in [0.25, 0.3) is 5.91 Å². The molecule has 0 saturated carbocycles. The molecule has 1 aromatic heterocycles. The molecule has 82 valence electrons. The first-order chi connectivity index (χ1) is 7.77. The first-order valence-electron chi connectivity index (χ1n) is 4.88. The van der Waals surface area contributed by atoms with E-state index >= 15 is 0 Å². The number of aryl methyl sites for hydroxylation is 1. The number of benzene rings is 1. The van der Waals surface area contributed by atoms with Gasteiger partial charge < -0.3 is 5.32 Å². The van der Waals surface area contributed by atoms with Crippen LogP contribution in [0.15, 0.2) is 30.3 Å². The van der Waals surface area contributed by atoms with Crippen molar-refractivity contribution < 1.29 is 4.79 Å². The standard InChI is InChI=1S/C11H11N3OS/c1-8-10(16-14-13-8)11(15)12-7-9-5-3-2-4-6-9/h2-6H,7H2,1H3,(H,12,15). The Bertz CT molecular complexity index is 481. The van der Waals surface area contributed by atoms with E-state index in [1.807, 2.05) is 30.3 Å². The molecule has 5 heteroatoms. The number of nitrogens with one attached hydrogen (secondary N) is 1. The van der Waals surface area contributed by atoms with Crippen molar-refractivity contribution in [1.29, 1.82) is 0 Å². The second kappa shape index (κ2) is 4.85. The molecule has 0 atom stereocenters. The Balaban J connectivity index is 1.97. The van der Waals surface area contributed by atoms with Gasteiger partial charge in [-0.15, -0.1) is 5.10 Å². The highest BCUT2D eigenvalue weighted by Crippen LogP contribution is 2.08. The molecule has 0 bridgehead atoms. The fourth-order valence-electron chi connectivity index (χ4n) is 1.30. The average molecular weight is 233 g/mol. The lowest BCUT2D eigenvalue weighted by molar-refractivity contribution is 0.0954. The lowest BCUT2D eigenvalue weighted by atomic mass is 10.2. The molecule has 0 aliphatic carbocycles. The molecule has 1 aromatic carbocycles. The van der Waals surface area contributed by atoms with Crippen LogP contribution in [-0.4, -0.2) is 15.5 Å². The smallest absolute Gasteiger partial charge is 0.265 e. The molecule has 1 N–H and O–H groups in total. The van der Waals surface area contributed by atoms with Crippen molar-refractivity contribution in [2.45, 2.75) is 13.5 Å². The first-order valence-corrected chi connectivity index (χ1v) is 5.66. The van der Waals surface area contributed by atoms with Crippen LogP contribution in [0, 0.1) is 6.92 Å². The van der Waals surface area contributed by atoms with E-state index in [1.54, 1.807) is 6.92 Å². The largest absolute Gasteiger partial charge is 0.347 e. The van der Waals surface area contributed by atoms with E-state index in [2.05, 4.69) is 14.9 Å². The molecule has 0 aliphatic heterocycles. The van der Waals surface area contributed by atoms with E-state index in [0.717, 1.165) is 17.1 Å². The van der Waals surface area contributed by atoms with E-state index in [9.17, 15) is 4.79 Å². The predicted octanol–water partition coefficient (Wildman–Crippen LogP) is 1.78. The molecule has 1 amide bonds. The summed E-state index contributed by atoms with van der Waals surface area (Å²) in [5.74, 6) is -0.114. The lowest BCUT2D eigenvalue weighted by Crippen LogP contribution is -2.22. The fourth-order valence-corrected chi connectivity index (χ4v) is 1.87. The topological polar surface area (TPSA) is 54.9 Å². The number of aromatic nitrogens is 2. The number of amides is 1. The minimum atomic E-state index is -0.114. The summed E-state index contributed by atoms with van der Waals surface area (Å²) < 4.78 is 3.73. The second-order valence-electron chi connectivity index (χ2n) is 3.36. The number of nitrogens with zero attached hydrogens (tertiary/aromatic N) is 2. The van der Waals surface area contributed by atoms with Gasteiger partial charge in [-0.25, -0.2) is 0 Å². The van der Waals surface area contributed by atoms with Crippen LogP contribution < -0.4 is 5.32 Å². The maximum atomic E-state index is 11.7. The van der Waals surface area contributed by atoms with Crippen molar-refractivity contribution in [2.24, 2.45) is 0 Å². The SMILES string of the molecule is Cc1nnsc1C(=O)NCc1ccccc1. The third-order valence-electron chi connectivity index (χ3n) is 2.15. The molecule has 0 saturated heterocycles. The van der Waals surface area contributed by atoms with E-state index < -0.39 is 0 Å². The maximum absolute atomic E-state index is 11.7. The van der Waals surface area contributed by atoms with Crippen molar-refractivity contribution in [3.63, 3.8) is 0 Å². The van der Waals surface area contributed by atoms with Gasteiger partial charge >= 0.3 is 0 Å². The Morgan fingerprint density at radius 3 is 2.75 bits per heavy atom. The van der Waals surface area contributed by atoms with Gasteiger partial charge in [-0.3, -0.25) is 4.79 Å². The summed E-state index contributed by atoms with van der Waals surface area (Å²) in [7, 11) is 0. The highest BCUT2D eigenvalue weighted by molar-refractivity contribution is 7.07. The monoisotopic (exact) mass is 233 g/mol. The van der Waals surface area contributed by atoms with Crippen molar-refractivity contribution in [1.82, 2.24) is 14.9 Å². The number of hydrogen-bond acceptors (Lipinski definition) is 4. The highest BCUT2D eigenvalue weighted by atomic mass is 32.1. The van der Waals surface area contributed by atoms with Crippen LogP contribution in [0.4, 0.5) is 0 Å². The summed E-state index contributed by atoms with van der Waals surface area (Å²) in [5.41, 5.74) is 1.75. The van der Waals surface area contributed by atoms with Crippen LogP contribution in [0.5, 0.6) is 0 Å². The molecule has 0 unspecified atom stereocenters. The summed E-state index contributed by atoms with van der Waals surface area (Å²) in [4.78, 5) is 12.3. The lowest BCUT2D eigenvalue weighted by Gasteiger charge is -2.03. The van der Waals surface area contributed by atoms with Gasteiger partial charge in [0, 0.05) is 6.54 Å². The predicted molar refractivity (Wildman–Crippen MR) is 62.3 cm³/mol. The van der Waals surface area contributed by atoms with Gasteiger partial charge in [-0.05, 0) is 24.0 Å². The quantitative estimate of drug-likeness (QED) is 0.879. The molecule has 0 radical (unpaired) electrons. The van der Waals surface area contributed by atoms with Crippen molar-refractivity contribution in [2.75, 3.05) is 0 Å². The van der Waals surface area contributed by atoms with Crippen LogP contribution >= 0.6 is 11.5 Å². The molecular formula is C11H11N3OS. The molecule has 0 fully saturated rings. The van der Waals surface area contributed by atoms with Crippen LogP contribution in [0.1, 0.15) is 20.9 Å². The Kier molecular flexibility index (Phi) is 3.26. The molecule has 0 aliphatic rings. The fraction of sp³-hybridized carbons (Fsp3) is 0.182. The summed E-state index contributed by atoms with van der Waals surface area (Å²) in [6.45, 7) is 2.30. The number of carbonyl (C=O) groups excluding carboxylic acids is 1. The minimum Gasteiger partial charge on any atom is -0.347 e. The van der Waals surface area contributed by atoms with Crippen molar-refractivity contribution in [3.8, 4) is 0 Å². The van der Waals surface area contributed by atoms with Gasteiger partial charge in [-0.1, -0.05) is 34.8 Å². The Labute approximate surface area is 97.5 Å². The molecule has 0 spiro atoms. The van der Waals surface area contributed by atoms with Crippen LogP contribution in [0.25, 0.3) is 0 Å². The molecule has 2 aromatic rings. The Morgan fingerprint density at radius 1 is 1.38 bits per heavy atom. The van der Waals surface area contributed by atoms with Gasteiger partial charge in [0.1, 0.15) is 4.88 Å². The summed E-state index contributed by atoms with van der Waals surface area (Å²) >= 11 is 1.12. The zero-order valence-corrected chi connectivity index (χ0v) is 9.62. The van der Waals surface area contributed by atoms with Gasteiger partial charge in [-0.2, -0.15) is 0 Å². The van der Waals surface area contributed by atoms with Crippen LogP contribution in [0.2, 0.25) is 0 Å². The number of carbonyl (C=O) groups is 1. The first kappa shape index (κ1) is 10.8. The van der Waals surface area contributed by atoms with E-state index in [-0.39, 0.29) is 5.91 Å². The van der Waals surface area contributed by atoms with Crippen LogP contribution in [0.3, 0.4) is 0 Å². The van der Waals surface area contributed by atoms with Crippen molar-refractivity contribution in [3.05, 3.63) is 46.5 Å². The Morgan fingerprint density at radius 2 is 2.12 bits per heavy atom. The van der Waals surface area contributed by atoms with E-state index in [4.69, 9.17) is 0 Å². The third-order valence-corrected chi connectivity index (χ3v) is 2.98. The maximum Gasteiger partial charge on any atom is 0.265 e. The molecule has 4 nitrogen and oxygen atoms in total. The van der Waals surface area contributed by atoms with Crippen molar-refractivity contribution >= 4 is 17.4 Å². The summed E-state index contributed by atoms with van der Waals surface area (Å²) in [5, 5.41) is 6.63. The molecular weight excluding hydrogens is 222 g/mol. The van der Waals surface area contributed by atoms with E-state index in [1.165, 1.54) is 0 Å². The van der Waals surface area contributed by atoms with E-state index in [0.29, 0.717) is 17.1 Å². The average Bonchev–Trinajstić information content (AvgIpc) is 2.74. The number of hydrogen-bond donors (Lipinski definition) is 1. The second-order valence-corrected chi connectivity index (χ2v) is 4.11. The van der Waals surface area contributed by atoms with Gasteiger partial charge in [0.05, 0.1) is 5.69 Å². The molecule has 16 heavy (non-hydrogen) atoms. The van der Waals surface area contributed by atoms with Crippen LogP contribution in [-0.2, 0) is 6.54 Å². The minimum absolute atomic E-state index is 0.114. The third kappa shape index (κ3) is 2.43. The summed E-state index contributed by atoms with van der Waals surface area (Å²) in [6, 6.07) is 9.78. The zero-order valence-electron chi connectivity index (χ0n) is 8.80. The highest BCUT2D eigenvalue weighted by Gasteiger charge is 2.12. The number of rotatable bonds is 3. The Hall–Kier alpha value is -1.75. The normalized spacial score (nSPS) is 10.1.